The van der Waals surface area contributed by atoms with E-state index in [1.807, 2.05) is 6.92 Å². The molecule has 0 aromatic carbocycles. The number of carbonyl (C=O) groups excluding carboxylic acids is 1. The fourth-order valence-electron chi connectivity index (χ4n) is 1.39. The Bertz CT molecular complexity index is 469. The van der Waals surface area contributed by atoms with Crippen LogP contribution in [-0.2, 0) is 6.42 Å². The maximum absolute atomic E-state index is 12.0. The largest absolute Gasteiger partial charge is 0.409 e. The van der Waals surface area contributed by atoms with E-state index in [2.05, 4.69) is 20.1 Å². The summed E-state index contributed by atoms with van der Waals surface area (Å²) in [4.78, 5) is 12.6. The van der Waals surface area contributed by atoms with Crippen LogP contribution in [0.1, 0.15) is 42.6 Å². The summed E-state index contributed by atoms with van der Waals surface area (Å²) in [5.41, 5.74) is 5.66. The zero-order valence-corrected chi connectivity index (χ0v) is 12.1. The molecule has 8 heteroatoms. The number of nitrogens with one attached hydrogen (secondary N) is 1. The molecule has 0 aliphatic carbocycles. The lowest BCUT2D eigenvalue weighted by atomic mass is 9.92. The highest BCUT2D eigenvalue weighted by Gasteiger charge is 2.25. The number of oxime groups is 1. The van der Waals surface area contributed by atoms with Gasteiger partial charge >= 0.3 is 0 Å². The number of rotatable bonds is 6. The molecule has 7 nitrogen and oxygen atoms in total. The quantitative estimate of drug-likeness (QED) is 0.312. The van der Waals surface area contributed by atoms with Gasteiger partial charge in [0.25, 0.3) is 5.91 Å². The molecule has 0 saturated carbocycles. The van der Waals surface area contributed by atoms with Crippen molar-refractivity contribution in [3.63, 3.8) is 0 Å². The third-order valence-corrected chi connectivity index (χ3v) is 3.51. The molecule has 0 unspecified atom stereocenters. The molecule has 1 aromatic heterocycles. The van der Waals surface area contributed by atoms with Crippen LogP contribution in [0.2, 0.25) is 0 Å². The summed E-state index contributed by atoms with van der Waals surface area (Å²) in [7, 11) is 0. The zero-order chi connectivity index (χ0) is 14.5. The van der Waals surface area contributed by atoms with E-state index in [1.165, 1.54) is 0 Å². The van der Waals surface area contributed by atoms with E-state index in [0.717, 1.165) is 24.4 Å². The second kappa shape index (κ2) is 6.46. The van der Waals surface area contributed by atoms with Gasteiger partial charge in [-0.05, 0) is 18.0 Å². The number of amidine groups is 1. The van der Waals surface area contributed by atoms with Crippen LogP contribution in [0.4, 0.5) is 0 Å². The first kappa shape index (κ1) is 15.4. The van der Waals surface area contributed by atoms with Crippen molar-refractivity contribution in [1.29, 1.82) is 0 Å². The number of hydrogen-bond donors (Lipinski definition) is 3. The Morgan fingerprint density at radius 3 is 2.84 bits per heavy atom. The number of carbonyl (C=O) groups is 1. The van der Waals surface area contributed by atoms with Crippen molar-refractivity contribution in [3.8, 4) is 0 Å². The molecule has 19 heavy (non-hydrogen) atoms. The highest BCUT2D eigenvalue weighted by Crippen LogP contribution is 2.16. The summed E-state index contributed by atoms with van der Waals surface area (Å²) >= 11 is 1.08. The molecule has 0 fully saturated rings. The van der Waals surface area contributed by atoms with Gasteiger partial charge in [0, 0.05) is 12.0 Å². The number of nitrogens with two attached hydrogens (primary N) is 1. The number of amides is 1. The normalized spacial score (nSPS) is 12.5. The van der Waals surface area contributed by atoms with Crippen LogP contribution < -0.4 is 11.1 Å². The lowest BCUT2D eigenvalue weighted by molar-refractivity contribution is 0.0947. The predicted molar refractivity (Wildman–Crippen MR) is 73.4 cm³/mol. The molecule has 1 heterocycles. The number of hydrogen-bond acceptors (Lipinski definition) is 6. The van der Waals surface area contributed by atoms with Gasteiger partial charge in [-0.25, -0.2) is 0 Å². The molecule has 0 radical (unpaired) electrons. The van der Waals surface area contributed by atoms with Crippen LogP contribution in [-0.4, -0.2) is 33.1 Å². The fourth-order valence-corrected chi connectivity index (χ4v) is 2.01. The van der Waals surface area contributed by atoms with Crippen LogP contribution in [0.25, 0.3) is 0 Å². The molecule has 1 amide bonds. The van der Waals surface area contributed by atoms with Crippen LogP contribution >= 0.6 is 11.5 Å². The van der Waals surface area contributed by atoms with Crippen molar-refractivity contribution in [1.82, 2.24) is 14.9 Å². The Balaban J connectivity index is 2.68. The molecule has 0 aliphatic rings. The summed E-state index contributed by atoms with van der Waals surface area (Å²) in [5, 5.41) is 18.3. The summed E-state index contributed by atoms with van der Waals surface area (Å²) < 4.78 is 3.80. The molecule has 106 valence electrons. The summed E-state index contributed by atoms with van der Waals surface area (Å²) in [6, 6.07) is 0. The van der Waals surface area contributed by atoms with Crippen LogP contribution in [0, 0.1) is 5.41 Å². The van der Waals surface area contributed by atoms with Crippen molar-refractivity contribution in [2.24, 2.45) is 16.3 Å². The van der Waals surface area contributed by atoms with Crippen molar-refractivity contribution in [2.75, 3.05) is 6.54 Å². The highest BCUT2D eigenvalue weighted by molar-refractivity contribution is 7.08. The average Bonchev–Trinajstić information content (AvgIpc) is 2.83. The van der Waals surface area contributed by atoms with Crippen LogP contribution in [0.5, 0.6) is 0 Å². The Morgan fingerprint density at radius 2 is 2.26 bits per heavy atom. The third-order valence-electron chi connectivity index (χ3n) is 2.74. The Labute approximate surface area is 116 Å². The Hall–Kier alpha value is -1.70. The standard InChI is InChI=1S/C11H19N5O2S/c1-4-5-7-8(19-16-14-7)9(17)13-6-11(2,3)10(12)15-18/h18H,4-6H2,1-3H3,(H2,12,15)(H,13,17). The number of nitrogens with zero attached hydrogens (tertiary/aromatic N) is 3. The van der Waals surface area contributed by atoms with Crippen molar-refractivity contribution in [3.05, 3.63) is 10.6 Å². The van der Waals surface area contributed by atoms with Gasteiger partial charge in [0.1, 0.15) is 10.7 Å². The van der Waals surface area contributed by atoms with Gasteiger partial charge in [-0.15, -0.1) is 5.10 Å². The van der Waals surface area contributed by atoms with E-state index >= 15 is 0 Å². The average molecular weight is 285 g/mol. The molecule has 0 bridgehead atoms. The highest BCUT2D eigenvalue weighted by atomic mass is 32.1. The monoisotopic (exact) mass is 285 g/mol. The Morgan fingerprint density at radius 1 is 1.58 bits per heavy atom. The summed E-state index contributed by atoms with van der Waals surface area (Å²) in [5.74, 6) is -0.152. The van der Waals surface area contributed by atoms with Crippen molar-refractivity contribution >= 4 is 23.3 Å². The second-order valence-electron chi connectivity index (χ2n) is 4.85. The van der Waals surface area contributed by atoms with Gasteiger partial charge in [-0.2, -0.15) is 0 Å². The smallest absolute Gasteiger partial charge is 0.264 e. The van der Waals surface area contributed by atoms with Gasteiger partial charge in [0.2, 0.25) is 0 Å². The lowest BCUT2D eigenvalue weighted by Gasteiger charge is -2.22. The molecule has 0 saturated heterocycles. The van der Waals surface area contributed by atoms with E-state index in [-0.39, 0.29) is 18.3 Å². The first-order valence-corrected chi connectivity index (χ1v) is 6.77. The van der Waals surface area contributed by atoms with E-state index in [0.29, 0.717) is 10.6 Å². The van der Waals surface area contributed by atoms with Gasteiger partial charge in [0.05, 0.1) is 5.69 Å². The van der Waals surface area contributed by atoms with Gasteiger partial charge in [-0.3, -0.25) is 4.79 Å². The molecule has 0 aliphatic heterocycles. The molecular weight excluding hydrogens is 266 g/mol. The van der Waals surface area contributed by atoms with E-state index in [4.69, 9.17) is 10.9 Å². The maximum Gasteiger partial charge on any atom is 0.264 e. The molecule has 0 spiro atoms. The van der Waals surface area contributed by atoms with E-state index < -0.39 is 5.41 Å². The van der Waals surface area contributed by atoms with E-state index in [1.54, 1.807) is 13.8 Å². The minimum Gasteiger partial charge on any atom is -0.409 e. The summed E-state index contributed by atoms with van der Waals surface area (Å²) in [6.45, 7) is 5.84. The first-order chi connectivity index (χ1) is 8.92. The summed E-state index contributed by atoms with van der Waals surface area (Å²) in [6.07, 6.45) is 1.63. The van der Waals surface area contributed by atoms with Crippen molar-refractivity contribution < 1.29 is 10.0 Å². The molecule has 1 rings (SSSR count). The predicted octanol–water partition coefficient (Wildman–Crippen LogP) is 0.993. The SMILES string of the molecule is CCCc1nnsc1C(=O)NCC(C)(C)C(N)=NO. The van der Waals surface area contributed by atoms with Gasteiger partial charge < -0.3 is 16.3 Å². The third kappa shape index (κ3) is 3.88. The fraction of sp³-hybridized carbons (Fsp3) is 0.636. The van der Waals surface area contributed by atoms with Crippen LogP contribution in [0.15, 0.2) is 5.16 Å². The van der Waals surface area contributed by atoms with E-state index in [9.17, 15) is 4.79 Å². The molecule has 0 atom stereocenters. The molecule has 1 aromatic rings. The molecular formula is C11H19N5O2S. The van der Waals surface area contributed by atoms with Crippen LogP contribution in [0.3, 0.4) is 0 Å². The topological polar surface area (TPSA) is 113 Å². The molecule has 4 N–H and O–H groups in total. The minimum absolute atomic E-state index is 0.0732. The number of aromatic nitrogens is 2. The van der Waals surface area contributed by atoms with Gasteiger partial charge in [0.15, 0.2) is 0 Å². The first-order valence-electron chi connectivity index (χ1n) is 5.99. The van der Waals surface area contributed by atoms with Crippen molar-refractivity contribution in [2.45, 2.75) is 33.6 Å². The Kier molecular flexibility index (Phi) is 5.22. The maximum atomic E-state index is 12.0. The number of aryl methyl sites for hydroxylation is 1. The van der Waals surface area contributed by atoms with Gasteiger partial charge in [-0.1, -0.05) is 36.8 Å². The zero-order valence-electron chi connectivity index (χ0n) is 11.3. The second-order valence-corrected chi connectivity index (χ2v) is 5.60. The minimum atomic E-state index is -0.618. The lowest BCUT2D eigenvalue weighted by Crippen LogP contribution is -2.42.